The molecule has 0 heterocycles. The van der Waals surface area contributed by atoms with Crippen molar-refractivity contribution < 1.29 is 9.47 Å². The third-order valence-corrected chi connectivity index (χ3v) is 4.34. The molecule has 0 aliphatic heterocycles. The van der Waals surface area contributed by atoms with Gasteiger partial charge in [0.1, 0.15) is 6.61 Å². The number of hydrogen-bond acceptors (Lipinski definition) is 4. The topological polar surface area (TPSA) is 42.8 Å². The molecular formula is C24H26N2O2. The summed E-state index contributed by atoms with van der Waals surface area (Å²) in [6.45, 7) is 5.83. The quantitative estimate of drug-likeness (QED) is 0.419. The molecule has 0 aromatic heterocycles. The number of hydrazone groups is 1. The van der Waals surface area contributed by atoms with Gasteiger partial charge >= 0.3 is 0 Å². The number of hydrogen-bond donors (Lipinski definition) is 1. The molecule has 3 rings (SSSR count). The molecule has 0 saturated heterocycles. The van der Waals surface area contributed by atoms with E-state index in [9.17, 15) is 0 Å². The van der Waals surface area contributed by atoms with Gasteiger partial charge in [0, 0.05) is 0 Å². The Labute approximate surface area is 166 Å². The van der Waals surface area contributed by atoms with Gasteiger partial charge in [0.15, 0.2) is 11.5 Å². The summed E-state index contributed by atoms with van der Waals surface area (Å²) < 4.78 is 11.8. The van der Waals surface area contributed by atoms with Crippen molar-refractivity contribution in [3.63, 3.8) is 0 Å². The molecule has 0 fully saturated rings. The fourth-order valence-corrected chi connectivity index (χ4v) is 2.77. The maximum atomic E-state index is 6.01. The number of nitrogens with one attached hydrogen (secondary N) is 1. The van der Waals surface area contributed by atoms with Crippen LogP contribution in [-0.2, 0) is 13.2 Å². The lowest BCUT2D eigenvalue weighted by Crippen LogP contribution is -2.05. The summed E-state index contributed by atoms with van der Waals surface area (Å²) in [6, 6.07) is 24.3. The van der Waals surface area contributed by atoms with Crippen LogP contribution in [0, 0.1) is 6.92 Å². The summed E-state index contributed by atoms with van der Waals surface area (Å²) in [5.41, 5.74) is 7.59. The van der Waals surface area contributed by atoms with E-state index in [1.165, 1.54) is 16.7 Å². The van der Waals surface area contributed by atoms with Crippen molar-refractivity contribution in [2.45, 2.75) is 27.0 Å². The molecule has 0 amide bonds. The summed E-state index contributed by atoms with van der Waals surface area (Å²) >= 11 is 0. The van der Waals surface area contributed by atoms with Gasteiger partial charge < -0.3 is 14.9 Å². The first kappa shape index (κ1) is 19.5. The van der Waals surface area contributed by atoms with Gasteiger partial charge in [-0.25, -0.2) is 0 Å². The molecule has 0 bridgehead atoms. The van der Waals surface area contributed by atoms with Crippen LogP contribution >= 0.6 is 0 Å². The van der Waals surface area contributed by atoms with Gasteiger partial charge in [-0.05, 0) is 54.3 Å². The van der Waals surface area contributed by atoms with Gasteiger partial charge in [0.05, 0.1) is 19.4 Å². The standard InChI is InChI=1S/C24H26N2O2/c1-3-27-24-15-21(17-26-25-16-20-10-5-4-6-11-20)13-14-23(24)28-18-22-12-8-7-9-19(22)2/h4-15,17,25H,3,16,18H2,1-2H3. The zero-order chi connectivity index (χ0) is 19.6. The van der Waals surface area contributed by atoms with Crippen molar-refractivity contribution in [3.8, 4) is 11.5 Å². The van der Waals surface area contributed by atoms with Crippen LogP contribution < -0.4 is 14.9 Å². The first-order valence-corrected chi connectivity index (χ1v) is 9.50. The number of rotatable bonds is 9. The molecule has 28 heavy (non-hydrogen) atoms. The van der Waals surface area contributed by atoms with Crippen molar-refractivity contribution in [2.75, 3.05) is 6.61 Å². The summed E-state index contributed by atoms with van der Waals surface area (Å²) in [5.74, 6) is 1.46. The minimum atomic E-state index is 0.513. The lowest BCUT2D eigenvalue weighted by atomic mass is 10.1. The molecule has 0 saturated carbocycles. The second-order valence-corrected chi connectivity index (χ2v) is 6.43. The predicted molar refractivity (Wildman–Crippen MR) is 114 cm³/mol. The average molecular weight is 374 g/mol. The Morgan fingerprint density at radius 3 is 2.46 bits per heavy atom. The van der Waals surface area contributed by atoms with Crippen molar-refractivity contribution in [1.29, 1.82) is 0 Å². The largest absolute Gasteiger partial charge is 0.490 e. The summed E-state index contributed by atoms with van der Waals surface area (Å²) in [5, 5.41) is 4.30. The van der Waals surface area contributed by atoms with Crippen LogP contribution in [0.4, 0.5) is 0 Å². The van der Waals surface area contributed by atoms with Gasteiger partial charge in [-0.3, -0.25) is 0 Å². The smallest absolute Gasteiger partial charge is 0.161 e. The zero-order valence-electron chi connectivity index (χ0n) is 16.4. The van der Waals surface area contributed by atoms with E-state index < -0.39 is 0 Å². The van der Waals surface area contributed by atoms with Crippen LogP contribution in [0.2, 0.25) is 0 Å². The van der Waals surface area contributed by atoms with Gasteiger partial charge in [-0.2, -0.15) is 5.10 Å². The zero-order valence-corrected chi connectivity index (χ0v) is 16.4. The minimum Gasteiger partial charge on any atom is -0.490 e. The number of nitrogens with zero attached hydrogens (tertiary/aromatic N) is 1. The molecule has 3 aromatic rings. The third kappa shape index (κ3) is 5.61. The molecule has 144 valence electrons. The number of ether oxygens (including phenoxy) is 2. The van der Waals surface area contributed by atoms with E-state index >= 15 is 0 Å². The van der Waals surface area contributed by atoms with Crippen LogP contribution in [0.5, 0.6) is 11.5 Å². The van der Waals surface area contributed by atoms with Crippen LogP contribution in [0.3, 0.4) is 0 Å². The second kappa shape index (κ2) is 10.2. The van der Waals surface area contributed by atoms with Crippen molar-refractivity contribution in [2.24, 2.45) is 5.10 Å². The van der Waals surface area contributed by atoms with Crippen LogP contribution in [-0.4, -0.2) is 12.8 Å². The average Bonchev–Trinajstić information content (AvgIpc) is 2.73. The fraction of sp³-hybridized carbons (Fsp3) is 0.208. The van der Waals surface area contributed by atoms with E-state index in [0.717, 1.165) is 17.1 Å². The van der Waals surface area contributed by atoms with E-state index in [4.69, 9.17) is 9.47 Å². The number of benzene rings is 3. The van der Waals surface area contributed by atoms with E-state index in [1.807, 2.05) is 55.5 Å². The number of aryl methyl sites for hydroxylation is 1. The lowest BCUT2D eigenvalue weighted by Gasteiger charge is -2.13. The molecule has 0 aliphatic carbocycles. The molecule has 1 N–H and O–H groups in total. The Morgan fingerprint density at radius 2 is 1.68 bits per heavy atom. The molecular weight excluding hydrogens is 348 g/mol. The van der Waals surface area contributed by atoms with Crippen molar-refractivity contribution in [1.82, 2.24) is 5.43 Å². The highest BCUT2D eigenvalue weighted by molar-refractivity contribution is 5.80. The fourth-order valence-electron chi connectivity index (χ4n) is 2.77. The highest BCUT2D eigenvalue weighted by Crippen LogP contribution is 2.29. The van der Waals surface area contributed by atoms with E-state index in [0.29, 0.717) is 19.8 Å². The Balaban J connectivity index is 1.63. The van der Waals surface area contributed by atoms with Gasteiger partial charge in [0.25, 0.3) is 0 Å². The first-order valence-electron chi connectivity index (χ1n) is 9.50. The molecule has 3 aromatic carbocycles. The Bertz CT molecular complexity index is 907. The maximum absolute atomic E-state index is 6.01. The molecule has 0 unspecified atom stereocenters. The highest BCUT2D eigenvalue weighted by Gasteiger charge is 2.07. The second-order valence-electron chi connectivity index (χ2n) is 6.43. The molecule has 0 atom stereocenters. The maximum Gasteiger partial charge on any atom is 0.161 e. The SMILES string of the molecule is CCOc1cc(C=NNCc2ccccc2)ccc1OCc1ccccc1C. The van der Waals surface area contributed by atoms with Gasteiger partial charge in [0.2, 0.25) is 0 Å². The summed E-state index contributed by atoms with van der Waals surface area (Å²) in [7, 11) is 0. The highest BCUT2D eigenvalue weighted by atomic mass is 16.5. The van der Waals surface area contributed by atoms with Crippen molar-refractivity contribution in [3.05, 3.63) is 95.1 Å². The van der Waals surface area contributed by atoms with Crippen LogP contribution in [0.1, 0.15) is 29.2 Å². The van der Waals surface area contributed by atoms with E-state index in [-0.39, 0.29) is 0 Å². The van der Waals surface area contributed by atoms with Gasteiger partial charge in [-0.15, -0.1) is 0 Å². The normalized spacial score (nSPS) is 10.8. The van der Waals surface area contributed by atoms with Gasteiger partial charge in [-0.1, -0.05) is 54.6 Å². The van der Waals surface area contributed by atoms with E-state index in [2.05, 4.69) is 41.7 Å². The molecule has 0 radical (unpaired) electrons. The van der Waals surface area contributed by atoms with Crippen LogP contribution in [0.15, 0.2) is 77.9 Å². The molecule has 0 aliphatic rings. The predicted octanol–water partition coefficient (Wildman–Crippen LogP) is 5.10. The lowest BCUT2D eigenvalue weighted by molar-refractivity contribution is 0.269. The minimum absolute atomic E-state index is 0.513. The Morgan fingerprint density at radius 1 is 0.893 bits per heavy atom. The van der Waals surface area contributed by atoms with Crippen LogP contribution in [0.25, 0.3) is 0 Å². The first-order chi connectivity index (χ1) is 13.8. The van der Waals surface area contributed by atoms with Crippen molar-refractivity contribution >= 4 is 6.21 Å². The summed E-state index contributed by atoms with van der Waals surface area (Å²) in [4.78, 5) is 0. The monoisotopic (exact) mass is 374 g/mol. The third-order valence-electron chi connectivity index (χ3n) is 4.34. The Hall–Kier alpha value is -3.27. The molecule has 4 heteroatoms. The molecule has 4 nitrogen and oxygen atoms in total. The molecule has 0 spiro atoms. The van der Waals surface area contributed by atoms with E-state index in [1.54, 1.807) is 6.21 Å². The summed E-state index contributed by atoms with van der Waals surface area (Å²) in [6.07, 6.45) is 1.79. The Kier molecular flexibility index (Phi) is 7.08.